The van der Waals surface area contributed by atoms with Crippen LogP contribution in [0.15, 0.2) is 0 Å². The van der Waals surface area contributed by atoms with Crippen LogP contribution in [0.25, 0.3) is 0 Å². The van der Waals surface area contributed by atoms with Crippen molar-refractivity contribution in [2.24, 2.45) is 0 Å². The number of carbonyl (C=O) groups is 1. The van der Waals surface area contributed by atoms with Crippen LogP contribution in [-0.4, -0.2) is 41.0 Å². The monoisotopic (exact) mass is 311 g/mol. The van der Waals surface area contributed by atoms with Gasteiger partial charge in [0.15, 0.2) is 0 Å². The second kappa shape index (κ2) is 11.2. The molecule has 0 bridgehead atoms. The van der Waals surface area contributed by atoms with Crippen LogP contribution in [0.2, 0.25) is 0 Å². The topological polar surface area (TPSA) is 40.5 Å². The molecule has 0 aromatic heterocycles. The molecular weight excluding hydrogens is 274 g/mol. The molecule has 3 heteroatoms. The third kappa shape index (κ3) is 7.73. The molecule has 22 heavy (non-hydrogen) atoms. The first-order valence-electron chi connectivity index (χ1n) is 9.41. The van der Waals surface area contributed by atoms with Gasteiger partial charge in [0.1, 0.15) is 5.78 Å². The molecule has 130 valence electrons. The number of nitrogens with zero attached hydrogens (tertiary/aromatic N) is 1. The molecule has 1 fully saturated rings. The van der Waals surface area contributed by atoms with Crippen LogP contribution in [0.5, 0.6) is 0 Å². The van der Waals surface area contributed by atoms with Crippen molar-refractivity contribution in [2.75, 3.05) is 7.05 Å². The minimum Gasteiger partial charge on any atom is -0.392 e. The van der Waals surface area contributed by atoms with Crippen molar-refractivity contribution in [3.63, 3.8) is 0 Å². The summed E-state index contributed by atoms with van der Waals surface area (Å²) in [6.07, 6.45) is 14.3. The lowest BCUT2D eigenvalue weighted by atomic mass is 9.91. The zero-order valence-corrected chi connectivity index (χ0v) is 15.0. The summed E-state index contributed by atoms with van der Waals surface area (Å²) in [5.74, 6) is 0.328. The average Bonchev–Trinajstić information content (AvgIpc) is 2.48. The maximum absolute atomic E-state index is 10.8. The van der Waals surface area contributed by atoms with E-state index >= 15 is 0 Å². The summed E-state index contributed by atoms with van der Waals surface area (Å²) in [4.78, 5) is 13.2. The SMILES string of the molecule is CC(=O)CCCCCCCCCC[C@H]1CC[C@H](O)[C@H](C)N1C. The van der Waals surface area contributed by atoms with Gasteiger partial charge in [-0.1, -0.05) is 44.9 Å². The number of likely N-dealkylation sites (tertiary alicyclic amines) is 1. The lowest BCUT2D eigenvalue weighted by molar-refractivity contribution is -0.117. The van der Waals surface area contributed by atoms with E-state index in [0.717, 1.165) is 25.7 Å². The van der Waals surface area contributed by atoms with E-state index < -0.39 is 0 Å². The Morgan fingerprint density at radius 3 is 2.14 bits per heavy atom. The number of rotatable bonds is 11. The molecule has 0 saturated carbocycles. The van der Waals surface area contributed by atoms with Gasteiger partial charge in [-0.25, -0.2) is 0 Å². The van der Waals surface area contributed by atoms with Crippen molar-refractivity contribution >= 4 is 5.78 Å². The summed E-state index contributed by atoms with van der Waals surface area (Å²) < 4.78 is 0. The van der Waals surface area contributed by atoms with Crippen LogP contribution < -0.4 is 0 Å². The van der Waals surface area contributed by atoms with Crippen molar-refractivity contribution in [3.05, 3.63) is 0 Å². The van der Waals surface area contributed by atoms with Gasteiger partial charge in [-0.05, 0) is 46.6 Å². The van der Waals surface area contributed by atoms with Crippen LogP contribution in [0.1, 0.15) is 90.9 Å². The molecule has 3 nitrogen and oxygen atoms in total. The van der Waals surface area contributed by atoms with Crippen LogP contribution in [0.3, 0.4) is 0 Å². The molecule has 1 aliphatic heterocycles. The molecule has 1 N–H and O–H groups in total. The summed E-state index contributed by atoms with van der Waals surface area (Å²) in [7, 11) is 2.17. The minimum atomic E-state index is -0.135. The lowest BCUT2D eigenvalue weighted by Crippen LogP contribution is -2.49. The number of hydrogen-bond donors (Lipinski definition) is 1. The number of hydrogen-bond acceptors (Lipinski definition) is 3. The maximum Gasteiger partial charge on any atom is 0.129 e. The molecular formula is C19H37NO2. The molecule has 1 heterocycles. The molecule has 0 unspecified atom stereocenters. The van der Waals surface area contributed by atoms with Crippen LogP contribution in [0, 0.1) is 0 Å². The fourth-order valence-electron chi connectivity index (χ4n) is 3.57. The van der Waals surface area contributed by atoms with Crippen LogP contribution >= 0.6 is 0 Å². The van der Waals surface area contributed by atoms with Gasteiger partial charge in [0.05, 0.1) is 6.10 Å². The van der Waals surface area contributed by atoms with Gasteiger partial charge >= 0.3 is 0 Å². The Morgan fingerprint density at radius 2 is 1.55 bits per heavy atom. The van der Waals surface area contributed by atoms with Crippen LogP contribution in [0.4, 0.5) is 0 Å². The van der Waals surface area contributed by atoms with Crippen molar-refractivity contribution in [1.29, 1.82) is 0 Å². The second-order valence-electron chi connectivity index (χ2n) is 7.27. The molecule has 0 aromatic carbocycles. The molecule has 0 spiro atoms. The Balaban J connectivity index is 1.92. The first kappa shape index (κ1) is 19.6. The predicted molar refractivity (Wildman–Crippen MR) is 93.1 cm³/mol. The smallest absolute Gasteiger partial charge is 0.129 e. The van der Waals surface area contributed by atoms with Crippen molar-refractivity contribution < 1.29 is 9.90 Å². The molecule has 1 rings (SSSR count). The van der Waals surface area contributed by atoms with Gasteiger partial charge < -0.3 is 9.90 Å². The highest BCUT2D eigenvalue weighted by Gasteiger charge is 2.30. The molecule has 0 aromatic rings. The maximum atomic E-state index is 10.8. The van der Waals surface area contributed by atoms with Gasteiger partial charge in [0.2, 0.25) is 0 Å². The number of likely N-dealkylation sites (N-methyl/N-ethyl adjacent to an activating group) is 1. The number of unbranched alkanes of at least 4 members (excludes halogenated alkanes) is 7. The van der Waals surface area contributed by atoms with E-state index in [-0.39, 0.29) is 6.10 Å². The third-order valence-electron chi connectivity index (χ3n) is 5.39. The number of aliphatic hydroxyl groups is 1. The highest BCUT2D eigenvalue weighted by molar-refractivity contribution is 5.75. The van der Waals surface area contributed by atoms with Gasteiger partial charge in [-0.3, -0.25) is 4.90 Å². The van der Waals surface area contributed by atoms with Gasteiger partial charge in [0, 0.05) is 18.5 Å². The lowest BCUT2D eigenvalue weighted by Gasteiger charge is -2.41. The van der Waals surface area contributed by atoms with Gasteiger partial charge in [-0.15, -0.1) is 0 Å². The predicted octanol–water partition coefficient (Wildman–Crippen LogP) is 4.32. The number of Topliss-reactive ketones (excluding diaryl/α,β-unsaturated/α-hetero) is 1. The number of carbonyl (C=O) groups excluding carboxylic acids is 1. The van der Waals surface area contributed by atoms with Crippen molar-refractivity contribution in [3.8, 4) is 0 Å². The normalized spacial score (nSPS) is 26.3. The molecule has 3 atom stereocenters. The minimum absolute atomic E-state index is 0.135. The number of ketones is 1. The summed E-state index contributed by atoms with van der Waals surface area (Å²) in [6.45, 7) is 3.83. The third-order valence-corrected chi connectivity index (χ3v) is 5.39. The van der Waals surface area contributed by atoms with Crippen molar-refractivity contribution in [1.82, 2.24) is 4.90 Å². The number of piperidine rings is 1. The summed E-state index contributed by atoms with van der Waals surface area (Å²) in [6, 6.07) is 0.985. The number of aliphatic hydroxyl groups excluding tert-OH is 1. The van der Waals surface area contributed by atoms with E-state index in [1.165, 1.54) is 51.4 Å². The first-order chi connectivity index (χ1) is 10.5. The Morgan fingerprint density at radius 1 is 1.00 bits per heavy atom. The quantitative estimate of drug-likeness (QED) is 0.578. The highest BCUT2D eigenvalue weighted by atomic mass is 16.3. The molecule has 0 radical (unpaired) electrons. The van der Waals surface area contributed by atoms with Gasteiger partial charge in [-0.2, -0.15) is 0 Å². The Kier molecular flexibility index (Phi) is 9.98. The van der Waals surface area contributed by atoms with E-state index in [4.69, 9.17) is 0 Å². The standard InChI is InChI=1S/C19H37NO2/c1-16(21)12-10-8-6-4-5-7-9-11-13-18-14-15-19(22)17(2)20(18)3/h17-19,22H,4-15H2,1-3H3/t17-,18-,19-/m0/s1. The average molecular weight is 312 g/mol. The molecule has 1 saturated heterocycles. The van der Waals surface area contributed by atoms with Crippen molar-refractivity contribution in [2.45, 2.75) is 109 Å². The van der Waals surface area contributed by atoms with Crippen LogP contribution in [-0.2, 0) is 4.79 Å². The van der Waals surface area contributed by atoms with E-state index in [0.29, 0.717) is 17.9 Å². The highest BCUT2D eigenvalue weighted by Crippen LogP contribution is 2.25. The van der Waals surface area contributed by atoms with E-state index in [1.807, 2.05) is 0 Å². The second-order valence-corrected chi connectivity index (χ2v) is 7.27. The van der Waals surface area contributed by atoms with E-state index in [9.17, 15) is 9.90 Å². The Hall–Kier alpha value is -0.410. The first-order valence-corrected chi connectivity index (χ1v) is 9.41. The summed E-state index contributed by atoms with van der Waals surface area (Å²) >= 11 is 0. The molecule has 0 aliphatic carbocycles. The molecule has 0 amide bonds. The van der Waals surface area contributed by atoms with E-state index in [2.05, 4.69) is 18.9 Å². The molecule has 1 aliphatic rings. The Bertz CT molecular complexity index is 306. The Labute approximate surface area is 137 Å². The van der Waals surface area contributed by atoms with Gasteiger partial charge in [0.25, 0.3) is 0 Å². The fraction of sp³-hybridized carbons (Fsp3) is 0.947. The zero-order chi connectivity index (χ0) is 16.4. The largest absolute Gasteiger partial charge is 0.392 e. The fourth-order valence-corrected chi connectivity index (χ4v) is 3.57. The summed E-state index contributed by atoms with van der Waals surface area (Å²) in [5, 5.41) is 9.87. The zero-order valence-electron chi connectivity index (χ0n) is 15.0. The summed E-state index contributed by atoms with van der Waals surface area (Å²) in [5.41, 5.74) is 0. The van der Waals surface area contributed by atoms with E-state index in [1.54, 1.807) is 6.92 Å².